The number of aryl methyl sites for hydroxylation is 1. The van der Waals surface area contributed by atoms with E-state index in [9.17, 15) is 0 Å². The predicted molar refractivity (Wildman–Crippen MR) is 75.4 cm³/mol. The topological polar surface area (TPSA) is 21.1 Å². The fourth-order valence-corrected chi connectivity index (χ4v) is 3.12. The number of fused-ring (bicyclic) bond motifs is 1. The first-order chi connectivity index (χ1) is 8.83. The van der Waals surface area contributed by atoms with Crippen LogP contribution in [-0.4, -0.2) is 27.5 Å². The summed E-state index contributed by atoms with van der Waals surface area (Å²) in [5, 5.41) is 0. The van der Waals surface area contributed by atoms with Crippen LogP contribution in [0.25, 0.3) is 0 Å². The largest absolute Gasteiger partial charge is 0.333 e. The molecule has 0 fully saturated rings. The average Bonchev–Trinajstić information content (AvgIpc) is 2.69. The Bertz CT molecular complexity index is 339. The minimum Gasteiger partial charge on any atom is -0.333 e. The average molecular weight is 249 g/mol. The Morgan fingerprint density at radius 2 is 2.00 bits per heavy atom. The maximum atomic E-state index is 4.27. The van der Waals surface area contributed by atoms with Gasteiger partial charge in [-0.3, -0.25) is 4.90 Å². The molecule has 3 heteroatoms. The lowest BCUT2D eigenvalue weighted by Gasteiger charge is -2.25. The third-order valence-electron chi connectivity index (χ3n) is 3.97. The third kappa shape index (κ3) is 3.58. The summed E-state index contributed by atoms with van der Waals surface area (Å²) in [5.41, 5.74) is 1.39. The Morgan fingerprint density at radius 1 is 1.22 bits per heavy atom. The fraction of sp³-hybridized carbons (Fsp3) is 0.800. The van der Waals surface area contributed by atoms with E-state index in [1.165, 1.54) is 50.9 Å². The minimum absolute atomic E-state index is 0.884. The molecule has 0 aliphatic carbocycles. The van der Waals surface area contributed by atoms with Crippen molar-refractivity contribution in [2.45, 2.75) is 59.0 Å². The SMILES string of the molecule is CCCC(CCC)CN1CCCn2cncc2C1. The van der Waals surface area contributed by atoms with Gasteiger partial charge < -0.3 is 4.57 Å². The second kappa shape index (κ2) is 6.93. The Kier molecular flexibility index (Phi) is 5.24. The van der Waals surface area contributed by atoms with E-state index < -0.39 is 0 Å². The molecule has 18 heavy (non-hydrogen) atoms. The second-order valence-electron chi connectivity index (χ2n) is 5.61. The van der Waals surface area contributed by atoms with Crippen LogP contribution >= 0.6 is 0 Å². The van der Waals surface area contributed by atoms with Gasteiger partial charge in [0.05, 0.1) is 12.0 Å². The Balaban J connectivity index is 1.92. The summed E-state index contributed by atoms with van der Waals surface area (Å²) in [6, 6.07) is 0. The number of hydrogen-bond acceptors (Lipinski definition) is 2. The number of hydrogen-bond donors (Lipinski definition) is 0. The molecule has 0 N–H and O–H groups in total. The monoisotopic (exact) mass is 249 g/mol. The normalized spacial score (nSPS) is 16.8. The second-order valence-corrected chi connectivity index (χ2v) is 5.61. The molecular formula is C15H27N3. The minimum atomic E-state index is 0.884. The zero-order valence-electron chi connectivity index (χ0n) is 11.9. The molecule has 0 aromatic carbocycles. The van der Waals surface area contributed by atoms with E-state index in [2.05, 4.69) is 28.3 Å². The summed E-state index contributed by atoms with van der Waals surface area (Å²) >= 11 is 0. The first-order valence-corrected chi connectivity index (χ1v) is 7.54. The maximum Gasteiger partial charge on any atom is 0.0948 e. The molecule has 0 radical (unpaired) electrons. The molecule has 2 heterocycles. The Labute approximate surface area is 111 Å². The molecule has 1 aromatic rings. The molecule has 102 valence electrons. The molecule has 3 nitrogen and oxygen atoms in total. The molecule has 0 atom stereocenters. The van der Waals surface area contributed by atoms with Gasteiger partial charge in [0.15, 0.2) is 0 Å². The standard InChI is InChI=1S/C15H27N3/c1-3-6-14(7-4-2)11-17-8-5-9-18-13-16-10-15(18)12-17/h10,13-14H,3-9,11-12H2,1-2H3. The summed E-state index contributed by atoms with van der Waals surface area (Å²) in [4.78, 5) is 6.90. The van der Waals surface area contributed by atoms with Crippen LogP contribution in [-0.2, 0) is 13.1 Å². The van der Waals surface area contributed by atoms with Crippen LogP contribution in [0.2, 0.25) is 0 Å². The molecule has 0 saturated carbocycles. The molecule has 0 unspecified atom stereocenters. The highest BCUT2D eigenvalue weighted by Crippen LogP contribution is 2.18. The van der Waals surface area contributed by atoms with Crippen molar-refractivity contribution in [2.75, 3.05) is 13.1 Å². The van der Waals surface area contributed by atoms with Gasteiger partial charge in [-0.25, -0.2) is 4.98 Å². The van der Waals surface area contributed by atoms with Gasteiger partial charge in [0.2, 0.25) is 0 Å². The van der Waals surface area contributed by atoms with E-state index in [0.717, 1.165) is 19.0 Å². The lowest BCUT2D eigenvalue weighted by atomic mass is 9.97. The van der Waals surface area contributed by atoms with Gasteiger partial charge in [0.25, 0.3) is 0 Å². The Morgan fingerprint density at radius 3 is 2.72 bits per heavy atom. The van der Waals surface area contributed by atoms with Gasteiger partial charge in [-0.1, -0.05) is 26.7 Å². The van der Waals surface area contributed by atoms with Crippen molar-refractivity contribution in [3.8, 4) is 0 Å². The molecule has 1 aliphatic rings. The van der Waals surface area contributed by atoms with Crippen molar-refractivity contribution in [1.29, 1.82) is 0 Å². The van der Waals surface area contributed by atoms with Crippen molar-refractivity contribution >= 4 is 0 Å². The molecule has 1 aliphatic heterocycles. The predicted octanol–water partition coefficient (Wildman–Crippen LogP) is 3.31. The van der Waals surface area contributed by atoms with Gasteiger partial charge in [-0.05, 0) is 25.2 Å². The number of imidazole rings is 1. The third-order valence-corrected chi connectivity index (χ3v) is 3.97. The van der Waals surface area contributed by atoms with E-state index in [1.807, 2.05) is 12.5 Å². The molecule has 0 spiro atoms. The first kappa shape index (κ1) is 13.6. The summed E-state index contributed by atoms with van der Waals surface area (Å²) in [6.07, 6.45) is 10.7. The van der Waals surface area contributed by atoms with E-state index in [4.69, 9.17) is 0 Å². The summed E-state index contributed by atoms with van der Waals surface area (Å²) in [6.45, 7) is 9.35. The van der Waals surface area contributed by atoms with Gasteiger partial charge in [-0.15, -0.1) is 0 Å². The van der Waals surface area contributed by atoms with Gasteiger partial charge in [0.1, 0.15) is 0 Å². The van der Waals surface area contributed by atoms with Gasteiger partial charge in [-0.2, -0.15) is 0 Å². The molecule has 2 rings (SSSR count). The maximum absolute atomic E-state index is 4.27. The van der Waals surface area contributed by atoms with Crippen molar-refractivity contribution in [3.63, 3.8) is 0 Å². The molecule has 0 amide bonds. The number of aromatic nitrogens is 2. The first-order valence-electron chi connectivity index (χ1n) is 7.54. The van der Waals surface area contributed by atoms with E-state index in [1.54, 1.807) is 0 Å². The van der Waals surface area contributed by atoms with Gasteiger partial charge >= 0.3 is 0 Å². The van der Waals surface area contributed by atoms with E-state index in [0.29, 0.717) is 0 Å². The van der Waals surface area contributed by atoms with Crippen LogP contribution in [0, 0.1) is 5.92 Å². The van der Waals surface area contributed by atoms with Crippen molar-refractivity contribution in [2.24, 2.45) is 5.92 Å². The van der Waals surface area contributed by atoms with E-state index in [-0.39, 0.29) is 0 Å². The van der Waals surface area contributed by atoms with Crippen LogP contribution in [0.4, 0.5) is 0 Å². The van der Waals surface area contributed by atoms with Crippen LogP contribution < -0.4 is 0 Å². The Hall–Kier alpha value is -0.830. The van der Waals surface area contributed by atoms with Crippen LogP contribution in [0.1, 0.15) is 51.6 Å². The summed E-state index contributed by atoms with van der Waals surface area (Å²) in [5.74, 6) is 0.884. The van der Waals surface area contributed by atoms with E-state index >= 15 is 0 Å². The van der Waals surface area contributed by atoms with Crippen molar-refractivity contribution < 1.29 is 0 Å². The van der Waals surface area contributed by atoms with Gasteiger partial charge in [0, 0.05) is 32.4 Å². The van der Waals surface area contributed by atoms with Crippen LogP contribution in [0.5, 0.6) is 0 Å². The summed E-state index contributed by atoms with van der Waals surface area (Å²) in [7, 11) is 0. The van der Waals surface area contributed by atoms with Crippen molar-refractivity contribution in [3.05, 3.63) is 18.2 Å². The summed E-state index contributed by atoms with van der Waals surface area (Å²) < 4.78 is 2.31. The number of nitrogens with zero attached hydrogens (tertiary/aromatic N) is 3. The molecule has 1 aromatic heterocycles. The molecule has 0 saturated heterocycles. The zero-order chi connectivity index (χ0) is 12.8. The lowest BCUT2D eigenvalue weighted by Crippen LogP contribution is -2.29. The van der Waals surface area contributed by atoms with Crippen LogP contribution in [0.3, 0.4) is 0 Å². The highest BCUT2D eigenvalue weighted by molar-refractivity contribution is 4.99. The quantitative estimate of drug-likeness (QED) is 0.771. The highest BCUT2D eigenvalue weighted by Gasteiger charge is 2.17. The zero-order valence-corrected chi connectivity index (χ0v) is 11.9. The number of rotatable bonds is 6. The molecular weight excluding hydrogens is 222 g/mol. The van der Waals surface area contributed by atoms with Crippen molar-refractivity contribution in [1.82, 2.24) is 14.5 Å². The lowest BCUT2D eigenvalue weighted by molar-refractivity contribution is 0.211. The highest BCUT2D eigenvalue weighted by atomic mass is 15.2. The molecule has 0 bridgehead atoms. The van der Waals surface area contributed by atoms with Crippen LogP contribution in [0.15, 0.2) is 12.5 Å². The fourth-order valence-electron chi connectivity index (χ4n) is 3.12. The smallest absolute Gasteiger partial charge is 0.0948 e.